The van der Waals surface area contributed by atoms with Crippen LogP contribution in [0, 0.1) is 0 Å². The number of amidine groups is 1. The van der Waals surface area contributed by atoms with Crippen molar-refractivity contribution in [2.24, 2.45) is 10.9 Å². The van der Waals surface area contributed by atoms with Gasteiger partial charge in [0.1, 0.15) is 23.8 Å². The van der Waals surface area contributed by atoms with Crippen molar-refractivity contribution in [1.29, 1.82) is 0 Å². The Morgan fingerprint density at radius 3 is 2.79 bits per heavy atom. The molecule has 0 radical (unpaired) electrons. The summed E-state index contributed by atoms with van der Waals surface area (Å²) in [7, 11) is 1.54. The number of ether oxygens (including phenoxy) is 3. The maximum absolute atomic E-state index is 11.3. The average Bonchev–Trinajstić information content (AvgIpc) is 3.59. The van der Waals surface area contributed by atoms with Gasteiger partial charge in [-0.25, -0.2) is 0 Å². The third kappa shape index (κ3) is 4.85. The zero-order valence-electron chi connectivity index (χ0n) is 20.8. The van der Waals surface area contributed by atoms with Crippen molar-refractivity contribution < 1.29 is 29.3 Å². The van der Waals surface area contributed by atoms with E-state index in [2.05, 4.69) is 5.16 Å². The van der Waals surface area contributed by atoms with Crippen molar-refractivity contribution in [1.82, 2.24) is 9.78 Å². The minimum atomic E-state index is -0.926. The first-order valence-corrected chi connectivity index (χ1v) is 12.2. The molecule has 0 aliphatic carbocycles. The average molecular weight is 517 g/mol. The number of aliphatic carboxylic acids is 1. The summed E-state index contributed by atoms with van der Waals surface area (Å²) in [6, 6.07) is 18.7. The number of nitrogens with zero attached hydrogens (tertiary/aromatic N) is 3. The van der Waals surface area contributed by atoms with Gasteiger partial charge in [0.05, 0.1) is 37.3 Å². The van der Waals surface area contributed by atoms with Crippen molar-refractivity contribution in [2.45, 2.75) is 25.5 Å². The van der Waals surface area contributed by atoms with Crippen molar-refractivity contribution >= 4 is 22.7 Å². The van der Waals surface area contributed by atoms with Gasteiger partial charge in [-0.15, -0.1) is 0 Å². The van der Waals surface area contributed by atoms with Crippen molar-refractivity contribution in [3.63, 3.8) is 0 Å². The van der Waals surface area contributed by atoms with Crippen molar-refractivity contribution in [2.75, 3.05) is 20.3 Å². The lowest BCUT2D eigenvalue weighted by molar-refractivity contribution is -0.136. The molecule has 1 saturated heterocycles. The van der Waals surface area contributed by atoms with Gasteiger partial charge >= 0.3 is 5.97 Å². The second-order valence-electron chi connectivity index (χ2n) is 8.98. The highest BCUT2D eigenvalue weighted by molar-refractivity contribution is 6.02. The van der Waals surface area contributed by atoms with Crippen molar-refractivity contribution in [3.05, 3.63) is 77.5 Å². The number of hydrogen-bond donors (Lipinski definition) is 3. The van der Waals surface area contributed by atoms with Gasteiger partial charge in [0, 0.05) is 23.1 Å². The number of methoxy groups -OCH3 is 1. The molecule has 10 nitrogen and oxygen atoms in total. The quantitative estimate of drug-likeness (QED) is 0.131. The topological polar surface area (TPSA) is 141 Å². The van der Waals surface area contributed by atoms with Crippen LogP contribution in [0.2, 0.25) is 0 Å². The standard InChI is InChI=1S/C28H28N4O6/c1-36-27-20(6-4-7-21(27)28(29)31-35)17-9-10-24-22(13-17)23(30-32(24)19-11-12-37-15-19)16-38-25-8-3-2-5-18(25)14-26(33)34/h2-10,13,19,35H,11-12,14-16H2,1H3,(H2,29,31)(H,33,34). The maximum Gasteiger partial charge on any atom is 0.307 e. The number of carboxylic acid groups (broad SMARTS) is 1. The summed E-state index contributed by atoms with van der Waals surface area (Å²) in [5.74, 6) is 0.0166. The van der Waals surface area contributed by atoms with Gasteiger partial charge in [-0.1, -0.05) is 41.6 Å². The Balaban J connectivity index is 1.58. The Morgan fingerprint density at radius 1 is 1.21 bits per heavy atom. The first-order chi connectivity index (χ1) is 18.5. The summed E-state index contributed by atoms with van der Waals surface area (Å²) in [5, 5.41) is 27.4. The lowest BCUT2D eigenvalue weighted by atomic mass is 9.99. The summed E-state index contributed by atoms with van der Waals surface area (Å²) in [6.07, 6.45) is 0.723. The fraction of sp³-hybridized carbons (Fsp3) is 0.250. The molecule has 1 fully saturated rings. The molecule has 4 N–H and O–H groups in total. The number of carboxylic acids is 1. The number of rotatable bonds is 9. The van der Waals surface area contributed by atoms with Gasteiger partial charge in [-0.05, 0) is 36.2 Å². The monoisotopic (exact) mass is 516 g/mol. The van der Waals surface area contributed by atoms with Gasteiger partial charge in [0.25, 0.3) is 0 Å². The normalized spacial score (nSPS) is 15.6. The number of fused-ring (bicyclic) bond motifs is 1. The molecule has 2 heterocycles. The molecule has 5 rings (SSSR count). The summed E-state index contributed by atoms with van der Waals surface area (Å²) in [4.78, 5) is 11.3. The van der Waals surface area contributed by atoms with Crippen LogP contribution in [0.25, 0.3) is 22.0 Å². The maximum atomic E-state index is 11.3. The minimum Gasteiger partial charge on any atom is -0.495 e. The Kier molecular flexibility index (Phi) is 7.14. The highest BCUT2D eigenvalue weighted by Gasteiger charge is 2.24. The highest BCUT2D eigenvalue weighted by atomic mass is 16.5. The second kappa shape index (κ2) is 10.8. The summed E-state index contributed by atoms with van der Waals surface area (Å²) in [6.45, 7) is 1.41. The van der Waals surface area contributed by atoms with Crippen LogP contribution in [-0.2, 0) is 22.6 Å². The van der Waals surface area contributed by atoms with E-state index in [1.165, 1.54) is 7.11 Å². The van der Waals surface area contributed by atoms with Crippen LogP contribution < -0.4 is 15.2 Å². The van der Waals surface area contributed by atoms with Gasteiger partial charge in [-0.2, -0.15) is 5.10 Å². The molecule has 1 aromatic heterocycles. The molecule has 1 atom stereocenters. The summed E-state index contributed by atoms with van der Waals surface area (Å²) < 4.78 is 19.4. The molecule has 0 bridgehead atoms. The van der Waals surface area contributed by atoms with E-state index in [-0.39, 0.29) is 24.9 Å². The molecule has 1 aliphatic rings. The lowest BCUT2D eigenvalue weighted by Crippen LogP contribution is -2.14. The smallest absolute Gasteiger partial charge is 0.307 e. The van der Waals surface area contributed by atoms with Crippen molar-refractivity contribution in [3.8, 4) is 22.6 Å². The lowest BCUT2D eigenvalue weighted by Gasteiger charge is -2.14. The van der Waals surface area contributed by atoms with E-state index >= 15 is 0 Å². The molecule has 10 heteroatoms. The summed E-state index contributed by atoms with van der Waals surface area (Å²) >= 11 is 0. The fourth-order valence-corrected chi connectivity index (χ4v) is 4.81. The van der Waals surface area contributed by atoms with Crippen LogP contribution in [0.5, 0.6) is 11.5 Å². The molecule has 0 saturated carbocycles. The van der Waals surface area contributed by atoms with E-state index in [0.29, 0.717) is 41.5 Å². The first kappa shape index (κ1) is 25.1. The number of oxime groups is 1. The molecule has 196 valence electrons. The highest BCUT2D eigenvalue weighted by Crippen LogP contribution is 2.36. The zero-order chi connectivity index (χ0) is 26.6. The molecular formula is C28H28N4O6. The Morgan fingerprint density at radius 2 is 2.05 bits per heavy atom. The number of para-hydroxylation sites is 2. The number of hydrogen-bond acceptors (Lipinski definition) is 7. The van der Waals surface area contributed by atoms with Gasteiger partial charge in [0.15, 0.2) is 5.84 Å². The van der Waals surface area contributed by atoms with Gasteiger partial charge in [-0.3, -0.25) is 9.48 Å². The molecule has 4 aromatic rings. The van der Waals surface area contributed by atoms with E-state index in [0.717, 1.165) is 28.5 Å². The molecular weight excluding hydrogens is 488 g/mol. The molecule has 3 aromatic carbocycles. The Labute approximate surface area is 218 Å². The van der Waals surface area contributed by atoms with Crippen LogP contribution in [0.3, 0.4) is 0 Å². The number of aromatic nitrogens is 2. The fourth-order valence-electron chi connectivity index (χ4n) is 4.81. The van der Waals surface area contributed by atoms with Gasteiger partial charge in [0.2, 0.25) is 0 Å². The first-order valence-electron chi connectivity index (χ1n) is 12.2. The third-order valence-electron chi connectivity index (χ3n) is 6.63. The molecule has 38 heavy (non-hydrogen) atoms. The van der Waals surface area contributed by atoms with E-state index in [1.54, 1.807) is 24.3 Å². The van der Waals surface area contributed by atoms with E-state index < -0.39 is 5.97 Å². The molecule has 1 unspecified atom stereocenters. The van der Waals surface area contributed by atoms with Gasteiger partial charge < -0.3 is 30.3 Å². The Hall–Kier alpha value is -4.57. The van der Waals surface area contributed by atoms with Crippen LogP contribution in [0.1, 0.15) is 29.3 Å². The van der Waals surface area contributed by atoms with Crippen LogP contribution >= 0.6 is 0 Å². The predicted octanol–water partition coefficient (Wildman–Crippen LogP) is 3.97. The van der Waals surface area contributed by atoms with Crippen LogP contribution in [0.4, 0.5) is 0 Å². The SMILES string of the molecule is COc1c(C(N)=NO)cccc1-c1ccc2c(c1)c(COc1ccccc1CC(=O)O)nn2C1CCOC1. The third-order valence-corrected chi connectivity index (χ3v) is 6.63. The second-order valence-corrected chi connectivity index (χ2v) is 8.98. The number of carbonyl (C=O) groups is 1. The minimum absolute atomic E-state index is 0.0482. The summed E-state index contributed by atoms with van der Waals surface area (Å²) in [5.41, 5.74) is 10.2. The van der Waals surface area contributed by atoms with E-state index in [9.17, 15) is 15.1 Å². The largest absolute Gasteiger partial charge is 0.495 e. The Bertz CT molecular complexity index is 1510. The van der Waals surface area contributed by atoms with Crippen LogP contribution in [-0.4, -0.2) is 52.2 Å². The molecule has 1 aliphatic heterocycles. The van der Waals surface area contributed by atoms with E-state index in [4.69, 9.17) is 25.0 Å². The van der Waals surface area contributed by atoms with Crippen LogP contribution in [0.15, 0.2) is 65.8 Å². The zero-order valence-corrected chi connectivity index (χ0v) is 20.8. The predicted molar refractivity (Wildman–Crippen MR) is 141 cm³/mol. The number of nitrogens with two attached hydrogens (primary N) is 1. The molecule has 0 spiro atoms. The number of benzene rings is 3. The molecule has 0 amide bonds. The van der Waals surface area contributed by atoms with E-state index in [1.807, 2.05) is 41.1 Å².